The molecule has 1 aliphatic carbocycles. The zero-order valence-electron chi connectivity index (χ0n) is 12.9. The van der Waals surface area contributed by atoms with Gasteiger partial charge in [0.25, 0.3) is 0 Å². The van der Waals surface area contributed by atoms with Gasteiger partial charge in [0.1, 0.15) is 0 Å². The summed E-state index contributed by atoms with van der Waals surface area (Å²) in [6.45, 7) is 4.86. The second kappa shape index (κ2) is 5.64. The van der Waals surface area contributed by atoms with Crippen LogP contribution in [0, 0.1) is 12.8 Å². The van der Waals surface area contributed by atoms with Crippen LogP contribution in [-0.4, -0.2) is 22.2 Å². The molecule has 1 heterocycles. The van der Waals surface area contributed by atoms with Gasteiger partial charge in [-0.2, -0.15) is 0 Å². The largest absolute Gasteiger partial charge is 0.388 e. The highest BCUT2D eigenvalue weighted by Gasteiger charge is 2.32. The highest BCUT2D eigenvalue weighted by Crippen LogP contribution is 2.33. The second-order valence-corrected chi connectivity index (χ2v) is 6.61. The summed E-state index contributed by atoms with van der Waals surface area (Å²) in [5.74, 6) is 0.612. The molecule has 1 aliphatic rings. The molecule has 0 amide bonds. The molecule has 2 aromatic rings. The molecule has 0 saturated heterocycles. The van der Waals surface area contributed by atoms with Crippen molar-refractivity contribution < 1.29 is 5.11 Å². The van der Waals surface area contributed by atoms with Gasteiger partial charge in [-0.3, -0.25) is 4.98 Å². The standard InChI is InChI=1S/C18H24N2O/c1-13-6-5-9-18(21,11-13)12-19-17-10-14(2)20-16-8-4-3-7-15(16)17/h3-4,7-8,10,13,21H,5-6,9,11-12H2,1-2H3,(H,19,20). The van der Waals surface area contributed by atoms with Crippen LogP contribution < -0.4 is 5.32 Å². The van der Waals surface area contributed by atoms with E-state index in [1.165, 1.54) is 6.42 Å². The zero-order valence-corrected chi connectivity index (χ0v) is 12.9. The molecule has 0 radical (unpaired) electrons. The number of aliphatic hydroxyl groups is 1. The number of nitrogens with zero attached hydrogens (tertiary/aromatic N) is 1. The minimum absolute atomic E-state index is 0.573. The van der Waals surface area contributed by atoms with Crippen molar-refractivity contribution in [3.8, 4) is 0 Å². The normalized spacial score (nSPS) is 26.0. The van der Waals surface area contributed by atoms with Crippen LogP contribution in [0.1, 0.15) is 38.3 Å². The van der Waals surface area contributed by atoms with Crippen molar-refractivity contribution in [3.63, 3.8) is 0 Å². The van der Waals surface area contributed by atoms with Crippen LogP contribution in [0.15, 0.2) is 30.3 Å². The lowest BCUT2D eigenvalue weighted by Gasteiger charge is -2.36. The third-order valence-electron chi connectivity index (χ3n) is 4.52. The molecule has 0 bridgehead atoms. The SMILES string of the molecule is Cc1cc(NCC2(O)CCCC(C)C2)c2ccccc2n1. The first kappa shape index (κ1) is 14.3. The van der Waals surface area contributed by atoms with E-state index in [9.17, 15) is 5.11 Å². The molecule has 2 atom stereocenters. The Morgan fingerprint density at radius 1 is 1.38 bits per heavy atom. The van der Waals surface area contributed by atoms with Crippen LogP contribution >= 0.6 is 0 Å². The molecule has 112 valence electrons. The Morgan fingerprint density at radius 3 is 3.00 bits per heavy atom. The topological polar surface area (TPSA) is 45.1 Å². The first-order valence-electron chi connectivity index (χ1n) is 7.88. The summed E-state index contributed by atoms with van der Waals surface area (Å²) in [5.41, 5.74) is 2.50. The lowest BCUT2D eigenvalue weighted by molar-refractivity contribution is -0.000740. The van der Waals surface area contributed by atoms with E-state index >= 15 is 0 Å². The first-order chi connectivity index (χ1) is 10.1. The zero-order chi connectivity index (χ0) is 14.9. The summed E-state index contributed by atoms with van der Waals surface area (Å²) in [5, 5.41) is 15.4. The van der Waals surface area contributed by atoms with E-state index in [-0.39, 0.29) is 0 Å². The molecule has 1 aromatic heterocycles. The summed E-state index contributed by atoms with van der Waals surface area (Å²) in [4.78, 5) is 4.56. The minimum atomic E-state index is -0.573. The van der Waals surface area contributed by atoms with Gasteiger partial charge >= 0.3 is 0 Å². The number of hydrogen-bond acceptors (Lipinski definition) is 3. The summed E-state index contributed by atoms with van der Waals surface area (Å²) >= 11 is 0. The number of nitrogens with one attached hydrogen (secondary N) is 1. The van der Waals surface area contributed by atoms with Crippen LogP contribution in [-0.2, 0) is 0 Å². The highest BCUT2D eigenvalue weighted by atomic mass is 16.3. The Balaban J connectivity index is 1.82. The predicted octanol–water partition coefficient (Wildman–Crippen LogP) is 3.90. The maximum Gasteiger partial charge on any atom is 0.0821 e. The molecule has 0 aliphatic heterocycles. The quantitative estimate of drug-likeness (QED) is 0.898. The molecular formula is C18H24N2O. The fraction of sp³-hybridized carbons (Fsp3) is 0.500. The lowest BCUT2D eigenvalue weighted by atomic mass is 9.79. The van der Waals surface area contributed by atoms with Crippen LogP contribution in [0.4, 0.5) is 5.69 Å². The third-order valence-corrected chi connectivity index (χ3v) is 4.52. The van der Waals surface area contributed by atoms with Crippen LogP contribution in [0.3, 0.4) is 0 Å². The summed E-state index contributed by atoms with van der Waals surface area (Å²) in [6, 6.07) is 10.2. The molecule has 2 N–H and O–H groups in total. The summed E-state index contributed by atoms with van der Waals surface area (Å²) in [7, 11) is 0. The number of aryl methyl sites for hydroxylation is 1. The fourth-order valence-corrected chi connectivity index (χ4v) is 3.51. The Morgan fingerprint density at radius 2 is 2.19 bits per heavy atom. The average molecular weight is 284 g/mol. The number of aromatic nitrogens is 1. The van der Waals surface area contributed by atoms with E-state index in [0.29, 0.717) is 12.5 Å². The Labute approximate surface area is 126 Å². The minimum Gasteiger partial charge on any atom is -0.388 e. The van der Waals surface area contributed by atoms with E-state index in [4.69, 9.17) is 0 Å². The molecule has 0 spiro atoms. The van der Waals surface area contributed by atoms with Crippen molar-refractivity contribution in [2.45, 2.75) is 45.1 Å². The number of hydrogen-bond donors (Lipinski definition) is 2. The van der Waals surface area contributed by atoms with Crippen molar-refractivity contribution in [2.24, 2.45) is 5.92 Å². The maximum absolute atomic E-state index is 10.8. The van der Waals surface area contributed by atoms with Crippen molar-refractivity contribution in [1.82, 2.24) is 4.98 Å². The van der Waals surface area contributed by atoms with Crippen LogP contribution in [0.25, 0.3) is 10.9 Å². The number of para-hydroxylation sites is 1. The molecular weight excluding hydrogens is 260 g/mol. The summed E-state index contributed by atoms with van der Waals surface area (Å²) < 4.78 is 0. The smallest absolute Gasteiger partial charge is 0.0821 e. The van der Waals surface area contributed by atoms with Gasteiger partial charge in [-0.05, 0) is 37.8 Å². The van der Waals surface area contributed by atoms with Gasteiger partial charge in [0.2, 0.25) is 0 Å². The van der Waals surface area contributed by atoms with E-state index in [2.05, 4.69) is 29.4 Å². The first-order valence-corrected chi connectivity index (χ1v) is 7.88. The van der Waals surface area contributed by atoms with Gasteiger partial charge in [-0.1, -0.05) is 38.0 Å². The number of fused-ring (bicyclic) bond motifs is 1. The van der Waals surface area contributed by atoms with Crippen molar-refractivity contribution >= 4 is 16.6 Å². The van der Waals surface area contributed by atoms with Crippen molar-refractivity contribution in [1.29, 1.82) is 0 Å². The Kier molecular flexibility index (Phi) is 3.85. The second-order valence-electron chi connectivity index (χ2n) is 6.61. The Hall–Kier alpha value is -1.61. The van der Waals surface area contributed by atoms with Gasteiger partial charge in [0.05, 0.1) is 11.1 Å². The van der Waals surface area contributed by atoms with Crippen molar-refractivity contribution in [2.75, 3.05) is 11.9 Å². The van der Waals surface area contributed by atoms with Crippen LogP contribution in [0.5, 0.6) is 0 Å². The molecule has 3 heteroatoms. The van der Waals surface area contributed by atoms with Crippen molar-refractivity contribution in [3.05, 3.63) is 36.0 Å². The molecule has 3 rings (SSSR count). The average Bonchev–Trinajstić information content (AvgIpc) is 2.44. The van der Waals surface area contributed by atoms with E-state index < -0.39 is 5.60 Å². The molecule has 2 unspecified atom stereocenters. The number of rotatable bonds is 3. The van der Waals surface area contributed by atoms with E-state index in [0.717, 1.165) is 41.5 Å². The molecule has 3 nitrogen and oxygen atoms in total. The molecule has 1 fully saturated rings. The third kappa shape index (κ3) is 3.18. The van der Waals surface area contributed by atoms with Crippen LogP contribution in [0.2, 0.25) is 0 Å². The highest BCUT2D eigenvalue weighted by molar-refractivity contribution is 5.91. The van der Waals surface area contributed by atoms with Gasteiger partial charge in [-0.15, -0.1) is 0 Å². The Bertz CT molecular complexity index is 640. The predicted molar refractivity (Wildman–Crippen MR) is 87.6 cm³/mol. The van der Waals surface area contributed by atoms with Gasteiger partial charge in [0, 0.05) is 23.3 Å². The van der Waals surface area contributed by atoms with E-state index in [1.54, 1.807) is 0 Å². The molecule has 1 aromatic carbocycles. The van der Waals surface area contributed by atoms with Gasteiger partial charge in [0.15, 0.2) is 0 Å². The number of anilines is 1. The number of pyridine rings is 1. The lowest BCUT2D eigenvalue weighted by Crippen LogP contribution is -2.41. The monoisotopic (exact) mass is 284 g/mol. The molecule has 21 heavy (non-hydrogen) atoms. The maximum atomic E-state index is 10.8. The molecule has 1 saturated carbocycles. The fourth-order valence-electron chi connectivity index (χ4n) is 3.51. The number of benzene rings is 1. The van der Waals surface area contributed by atoms with E-state index in [1.807, 2.05) is 25.1 Å². The summed E-state index contributed by atoms with van der Waals surface area (Å²) in [6.07, 6.45) is 4.14. The van der Waals surface area contributed by atoms with Gasteiger partial charge < -0.3 is 10.4 Å². The van der Waals surface area contributed by atoms with Gasteiger partial charge in [-0.25, -0.2) is 0 Å².